The fourth-order valence-corrected chi connectivity index (χ4v) is 2.66. The molecule has 128 valence electrons. The number of aryl methyl sites for hydroxylation is 1. The number of nitrogens with one attached hydrogen (secondary N) is 1. The number of methoxy groups -OCH3 is 1. The Morgan fingerprint density at radius 1 is 1.20 bits per heavy atom. The third kappa shape index (κ3) is 4.57. The van der Waals surface area contributed by atoms with Gasteiger partial charge in [0.05, 0.1) is 24.3 Å². The fourth-order valence-electron chi connectivity index (χ4n) is 2.05. The lowest BCUT2D eigenvalue weighted by atomic mass is 10.1. The van der Waals surface area contributed by atoms with E-state index in [0.717, 1.165) is 17.0 Å². The highest BCUT2D eigenvalue weighted by Crippen LogP contribution is 2.22. The van der Waals surface area contributed by atoms with Gasteiger partial charge in [-0.25, -0.2) is 0 Å². The van der Waals surface area contributed by atoms with Crippen LogP contribution in [0.2, 0.25) is 0 Å². The summed E-state index contributed by atoms with van der Waals surface area (Å²) in [6.45, 7) is 1.79. The minimum Gasteiger partial charge on any atom is -0.497 e. The number of ether oxygens (including phenoxy) is 1. The predicted molar refractivity (Wildman–Crippen MR) is 94.6 cm³/mol. The van der Waals surface area contributed by atoms with Crippen LogP contribution in [0.3, 0.4) is 0 Å². The maximum absolute atomic E-state index is 11.9. The highest BCUT2D eigenvalue weighted by atomic mass is 32.2. The molecule has 0 aliphatic heterocycles. The summed E-state index contributed by atoms with van der Waals surface area (Å²) in [6.07, 6.45) is 0. The lowest BCUT2D eigenvalue weighted by molar-refractivity contribution is -0.113. The van der Waals surface area contributed by atoms with Crippen molar-refractivity contribution in [3.05, 3.63) is 48.2 Å². The van der Waals surface area contributed by atoms with E-state index in [-0.39, 0.29) is 11.7 Å². The summed E-state index contributed by atoms with van der Waals surface area (Å²) in [5.41, 5.74) is 2.42. The standard InChI is InChI=1S/C17H16N4O3S/c1-11-9-16(24-21-11)18-15(22)10-25-17-8-7-14(19-20-17)12-3-5-13(23-2)6-4-12/h3-9H,10H2,1-2H3,(H,18,22). The van der Waals surface area contributed by atoms with Crippen LogP contribution in [0.4, 0.5) is 5.88 Å². The first kappa shape index (κ1) is 17.0. The molecule has 0 unspecified atom stereocenters. The van der Waals surface area contributed by atoms with Gasteiger partial charge >= 0.3 is 0 Å². The zero-order valence-corrected chi connectivity index (χ0v) is 14.5. The molecule has 25 heavy (non-hydrogen) atoms. The van der Waals surface area contributed by atoms with Crippen molar-refractivity contribution in [2.45, 2.75) is 11.9 Å². The summed E-state index contributed by atoms with van der Waals surface area (Å²) >= 11 is 1.30. The maximum atomic E-state index is 11.9. The van der Waals surface area contributed by atoms with Crippen molar-refractivity contribution in [2.24, 2.45) is 0 Å². The van der Waals surface area contributed by atoms with E-state index in [1.54, 1.807) is 20.1 Å². The third-order valence-corrected chi connectivity index (χ3v) is 4.19. The van der Waals surface area contributed by atoms with Crippen LogP contribution in [0.15, 0.2) is 52.0 Å². The molecule has 0 aliphatic rings. The zero-order chi connectivity index (χ0) is 17.6. The van der Waals surface area contributed by atoms with Gasteiger partial charge in [-0.3, -0.25) is 10.1 Å². The summed E-state index contributed by atoms with van der Waals surface area (Å²) in [7, 11) is 1.63. The summed E-state index contributed by atoms with van der Waals surface area (Å²) < 4.78 is 10.1. The lowest BCUT2D eigenvalue weighted by Gasteiger charge is -2.04. The average Bonchev–Trinajstić information content (AvgIpc) is 3.05. The van der Waals surface area contributed by atoms with Crippen LogP contribution in [0.25, 0.3) is 11.3 Å². The molecule has 0 saturated carbocycles. The maximum Gasteiger partial charge on any atom is 0.237 e. The van der Waals surface area contributed by atoms with Gasteiger partial charge in [-0.2, -0.15) is 0 Å². The second-order valence-corrected chi connectivity index (χ2v) is 6.15. The number of carbonyl (C=O) groups excluding carboxylic acids is 1. The third-order valence-electron chi connectivity index (χ3n) is 3.27. The fraction of sp³-hybridized carbons (Fsp3) is 0.176. The van der Waals surface area contributed by atoms with Gasteiger partial charge in [0.25, 0.3) is 0 Å². The SMILES string of the molecule is COc1ccc(-c2ccc(SCC(=O)Nc3cc(C)no3)nn2)cc1. The van der Waals surface area contributed by atoms with E-state index >= 15 is 0 Å². The van der Waals surface area contributed by atoms with Crippen molar-refractivity contribution < 1.29 is 14.1 Å². The van der Waals surface area contributed by atoms with Gasteiger partial charge in [0.2, 0.25) is 11.8 Å². The highest BCUT2D eigenvalue weighted by Gasteiger charge is 2.08. The molecule has 0 aliphatic carbocycles. The first-order valence-corrected chi connectivity index (χ1v) is 8.47. The molecule has 1 N–H and O–H groups in total. The number of nitrogens with zero attached hydrogens (tertiary/aromatic N) is 3. The zero-order valence-electron chi connectivity index (χ0n) is 13.7. The van der Waals surface area contributed by atoms with Crippen LogP contribution in [-0.4, -0.2) is 34.1 Å². The molecule has 0 bridgehead atoms. The minimum atomic E-state index is -0.192. The van der Waals surface area contributed by atoms with Gasteiger partial charge in [0.15, 0.2) is 0 Å². The molecule has 8 heteroatoms. The second-order valence-electron chi connectivity index (χ2n) is 5.15. The van der Waals surface area contributed by atoms with E-state index in [9.17, 15) is 4.79 Å². The van der Waals surface area contributed by atoms with Gasteiger partial charge in [0, 0.05) is 11.6 Å². The van der Waals surface area contributed by atoms with E-state index in [2.05, 4.69) is 20.7 Å². The number of benzene rings is 1. The molecule has 0 fully saturated rings. The van der Waals surface area contributed by atoms with Gasteiger partial charge in [-0.1, -0.05) is 16.9 Å². The Morgan fingerprint density at radius 3 is 2.60 bits per heavy atom. The number of anilines is 1. The van der Waals surface area contributed by atoms with Gasteiger partial charge in [-0.15, -0.1) is 10.2 Å². The van der Waals surface area contributed by atoms with Crippen LogP contribution in [0, 0.1) is 6.92 Å². The molecule has 3 rings (SSSR count). The highest BCUT2D eigenvalue weighted by molar-refractivity contribution is 7.99. The molecule has 0 atom stereocenters. The molecule has 0 radical (unpaired) electrons. The molecular formula is C17H16N4O3S. The van der Waals surface area contributed by atoms with Crippen LogP contribution >= 0.6 is 11.8 Å². The van der Waals surface area contributed by atoms with Gasteiger partial charge in [0.1, 0.15) is 10.8 Å². The van der Waals surface area contributed by atoms with Crippen molar-refractivity contribution in [3.8, 4) is 17.0 Å². The molecule has 7 nitrogen and oxygen atoms in total. The molecule has 2 heterocycles. The first-order valence-electron chi connectivity index (χ1n) is 7.48. The normalized spacial score (nSPS) is 10.5. The smallest absolute Gasteiger partial charge is 0.237 e. The Kier molecular flexibility index (Phi) is 5.30. The number of carbonyl (C=O) groups is 1. The number of thioether (sulfide) groups is 1. The molecule has 0 spiro atoms. The van der Waals surface area contributed by atoms with E-state index in [1.165, 1.54) is 11.8 Å². The minimum absolute atomic E-state index is 0.192. The molecule has 1 aromatic carbocycles. The van der Waals surface area contributed by atoms with E-state index < -0.39 is 0 Å². The van der Waals surface area contributed by atoms with Gasteiger partial charge in [-0.05, 0) is 43.3 Å². The number of rotatable bonds is 6. The van der Waals surface area contributed by atoms with Gasteiger partial charge < -0.3 is 9.26 Å². The number of hydrogen-bond acceptors (Lipinski definition) is 7. The average molecular weight is 356 g/mol. The van der Waals surface area contributed by atoms with Crippen LogP contribution in [0.1, 0.15) is 5.69 Å². The Labute approximate surface area is 148 Å². The van der Waals surface area contributed by atoms with Crippen molar-refractivity contribution in [2.75, 3.05) is 18.2 Å². The van der Waals surface area contributed by atoms with E-state index in [1.807, 2.05) is 36.4 Å². The number of aromatic nitrogens is 3. The Hall–Kier alpha value is -2.87. The van der Waals surface area contributed by atoms with E-state index in [0.29, 0.717) is 16.6 Å². The van der Waals surface area contributed by atoms with Crippen molar-refractivity contribution >= 4 is 23.6 Å². The van der Waals surface area contributed by atoms with E-state index in [4.69, 9.17) is 9.26 Å². The second kappa shape index (κ2) is 7.80. The molecule has 3 aromatic rings. The Bertz CT molecular complexity index is 847. The quantitative estimate of drug-likeness (QED) is 0.678. The lowest BCUT2D eigenvalue weighted by Crippen LogP contribution is -2.13. The molecule has 0 saturated heterocycles. The molecular weight excluding hydrogens is 340 g/mol. The summed E-state index contributed by atoms with van der Waals surface area (Å²) in [4.78, 5) is 11.9. The molecule has 2 aromatic heterocycles. The topological polar surface area (TPSA) is 90.1 Å². The largest absolute Gasteiger partial charge is 0.497 e. The number of amides is 1. The number of hydrogen-bond donors (Lipinski definition) is 1. The Balaban J connectivity index is 1.55. The summed E-state index contributed by atoms with van der Waals surface area (Å²) in [6, 6.07) is 12.9. The Morgan fingerprint density at radius 2 is 2.00 bits per heavy atom. The van der Waals surface area contributed by atoms with Crippen molar-refractivity contribution in [1.29, 1.82) is 0 Å². The summed E-state index contributed by atoms with van der Waals surface area (Å²) in [5.74, 6) is 1.14. The molecule has 1 amide bonds. The summed E-state index contributed by atoms with van der Waals surface area (Å²) in [5, 5.41) is 15.4. The van der Waals surface area contributed by atoms with Crippen LogP contribution < -0.4 is 10.1 Å². The monoisotopic (exact) mass is 356 g/mol. The first-order chi connectivity index (χ1) is 12.1. The van der Waals surface area contributed by atoms with Crippen molar-refractivity contribution in [1.82, 2.24) is 15.4 Å². The predicted octanol–water partition coefficient (Wildman–Crippen LogP) is 3.18. The van der Waals surface area contributed by atoms with Crippen molar-refractivity contribution in [3.63, 3.8) is 0 Å². The van der Waals surface area contributed by atoms with Crippen LogP contribution in [-0.2, 0) is 4.79 Å². The van der Waals surface area contributed by atoms with Crippen LogP contribution in [0.5, 0.6) is 5.75 Å².